The summed E-state index contributed by atoms with van der Waals surface area (Å²) in [7, 11) is -3.61. The number of rotatable bonds is 14. The standard InChI is InChI=1S/C32H44N8O3S/c1-2-40(28-13-17-35-18-14-28)44(42,43)29-11-7-25(8-12-29)30-21-26-23-39(32(41)37-31(26)36-30)27-9-5-24(6-10-27)22-38(19-3-15-33)20-4-16-34/h5-12,21,23,28,35H,2-4,13-20,22,33-34H2,1H3,(H,36,37,41). The minimum atomic E-state index is -3.61. The fourth-order valence-corrected chi connectivity index (χ4v) is 7.61. The van der Waals surface area contributed by atoms with Crippen molar-refractivity contribution in [3.05, 3.63) is 76.8 Å². The molecule has 2 aromatic heterocycles. The predicted octanol–water partition coefficient (Wildman–Crippen LogP) is 2.64. The molecule has 0 radical (unpaired) electrons. The lowest BCUT2D eigenvalue weighted by Crippen LogP contribution is -2.45. The summed E-state index contributed by atoms with van der Waals surface area (Å²) in [6.07, 6.45) is 5.26. The maximum Gasteiger partial charge on any atom is 0.354 e. The third kappa shape index (κ3) is 7.28. The fourth-order valence-electron chi connectivity index (χ4n) is 5.92. The van der Waals surface area contributed by atoms with Gasteiger partial charge in [-0.2, -0.15) is 9.29 Å². The Bertz CT molecular complexity index is 1670. The molecule has 5 rings (SSSR count). The summed E-state index contributed by atoms with van der Waals surface area (Å²) in [5.41, 5.74) is 15.0. The van der Waals surface area contributed by atoms with Crippen molar-refractivity contribution < 1.29 is 8.42 Å². The summed E-state index contributed by atoms with van der Waals surface area (Å²) >= 11 is 0. The van der Waals surface area contributed by atoms with E-state index in [-0.39, 0.29) is 16.6 Å². The van der Waals surface area contributed by atoms with E-state index in [1.165, 1.54) is 0 Å². The lowest BCUT2D eigenvalue weighted by Gasteiger charge is -2.33. The molecule has 0 unspecified atom stereocenters. The first kappa shape index (κ1) is 32.0. The average molecular weight is 621 g/mol. The van der Waals surface area contributed by atoms with Crippen LogP contribution in [0.2, 0.25) is 0 Å². The van der Waals surface area contributed by atoms with Crippen LogP contribution in [-0.4, -0.2) is 84.0 Å². The first-order valence-corrected chi connectivity index (χ1v) is 16.9. The molecule has 6 N–H and O–H groups in total. The number of benzene rings is 2. The van der Waals surface area contributed by atoms with Crippen LogP contribution in [0.5, 0.6) is 0 Å². The molecule has 11 nitrogen and oxygen atoms in total. The molecule has 1 saturated heterocycles. The van der Waals surface area contributed by atoms with Crippen LogP contribution in [0.25, 0.3) is 28.0 Å². The lowest BCUT2D eigenvalue weighted by molar-refractivity contribution is 0.262. The van der Waals surface area contributed by atoms with Crippen LogP contribution in [0.15, 0.2) is 70.5 Å². The van der Waals surface area contributed by atoms with Gasteiger partial charge in [0, 0.05) is 36.4 Å². The molecular formula is C32H44N8O3S. The highest BCUT2D eigenvalue weighted by molar-refractivity contribution is 7.89. The first-order chi connectivity index (χ1) is 21.3. The predicted molar refractivity (Wildman–Crippen MR) is 175 cm³/mol. The van der Waals surface area contributed by atoms with Gasteiger partial charge in [0.15, 0.2) is 0 Å². The van der Waals surface area contributed by atoms with Gasteiger partial charge in [0.25, 0.3) is 0 Å². The van der Waals surface area contributed by atoms with Crippen LogP contribution in [0.3, 0.4) is 0 Å². The average Bonchev–Trinajstić information content (AvgIpc) is 3.46. The molecule has 1 fully saturated rings. The summed E-state index contributed by atoms with van der Waals surface area (Å²) in [6, 6.07) is 16.8. The summed E-state index contributed by atoms with van der Waals surface area (Å²) in [5.74, 6) is 0. The van der Waals surface area contributed by atoms with E-state index in [1.54, 1.807) is 39.3 Å². The van der Waals surface area contributed by atoms with E-state index in [9.17, 15) is 13.2 Å². The zero-order valence-electron chi connectivity index (χ0n) is 25.4. The van der Waals surface area contributed by atoms with Gasteiger partial charge in [-0.25, -0.2) is 13.2 Å². The van der Waals surface area contributed by atoms with Crippen molar-refractivity contribution in [3.63, 3.8) is 0 Å². The molecular weight excluding hydrogens is 576 g/mol. The molecule has 0 bridgehead atoms. The van der Waals surface area contributed by atoms with Crippen LogP contribution in [0.1, 0.15) is 38.2 Å². The van der Waals surface area contributed by atoms with Crippen molar-refractivity contribution in [1.29, 1.82) is 0 Å². The Morgan fingerprint density at radius 2 is 1.64 bits per heavy atom. The molecule has 12 heteroatoms. The quantitative estimate of drug-likeness (QED) is 0.168. The van der Waals surface area contributed by atoms with Crippen molar-refractivity contribution in [2.75, 3.05) is 45.8 Å². The number of aromatic amines is 1. The molecule has 236 valence electrons. The topological polar surface area (TPSA) is 155 Å². The maximum atomic E-state index is 13.5. The molecule has 3 heterocycles. The van der Waals surface area contributed by atoms with E-state index < -0.39 is 10.0 Å². The highest BCUT2D eigenvalue weighted by Crippen LogP contribution is 2.27. The number of fused-ring (bicyclic) bond motifs is 1. The molecule has 4 aromatic rings. The molecule has 1 aliphatic rings. The van der Waals surface area contributed by atoms with E-state index in [4.69, 9.17) is 11.5 Å². The number of hydrogen-bond donors (Lipinski definition) is 4. The second kappa shape index (κ2) is 14.6. The molecule has 1 aliphatic heterocycles. The van der Waals surface area contributed by atoms with Gasteiger partial charge in [-0.1, -0.05) is 31.2 Å². The third-order valence-corrected chi connectivity index (χ3v) is 10.3. The van der Waals surface area contributed by atoms with Crippen LogP contribution < -0.4 is 22.5 Å². The van der Waals surface area contributed by atoms with Gasteiger partial charge in [-0.05, 0) is 106 Å². The normalized spacial score (nSPS) is 14.7. The Morgan fingerprint density at radius 3 is 2.25 bits per heavy atom. The second-order valence-corrected chi connectivity index (χ2v) is 13.2. The van der Waals surface area contributed by atoms with Gasteiger partial charge in [0.05, 0.1) is 10.6 Å². The Hall–Kier alpha value is -3.39. The monoisotopic (exact) mass is 620 g/mol. The van der Waals surface area contributed by atoms with Crippen molar-refractivity contribution in [3.8, 4) is 16.9 Å². The minimum Gasteiger partial charge on any atom is -0.339 e. The van der Waals surface area contributed by atoms with Crippen molar-refractivity contribution in [2.45, 2.75) is 50.1 Å². The van der Waals surface area contributed by atoms with Gasteiger partial charge in [-0.15, -0.1) is 0 Å². The van der Waals surface area contributed by atoms with E-state index in [0.717, 1.165) is 86.3 Å². The van der Waals surface area contributed by atoms with Gasteiger partial charge in [-0.3, -0.25) is 9.47 Å². The van der Waals surface area contributed by atoms with Crippen LogP contribution >= 0.6 is 0 Å². The summed E-state index contributed by atoms with van der Waals surface area (Å²) in [5, 5.41) is 4.07. The van der Waals surface area contributed by atoms with E-state index in [0.29, 0.717) is 25.3 Å². The van der Waals surface area contributed by atoms with Crippen LogP contribution in [0.4, 0.5) is 0 Å². The highest BCUT2D eigenvalue weighted by atomic mass is 32.2. The van der Waals surface area contributed by atoms with E-state index >= 15 is 0 Å². The Labute approximate surface area is 259 Å². The van der Waals surface area contributed by atoms with Crippen molar-refractivity contribution in [1.82, 2.24) is 29.1 Å². The number of hydrogen-bond acceptors (Lipinski definition) is 8. The van der Waals surface area contributed by atoms with Gasteiger partial charge in [0.2, 0.25) is 10.0 Å². The molecule has 0 atom stereocenters. The third-order valence-electron chi connectivity index (χ3n) is 8.29. The van der Waals surface area contributed by atoms with E-state index in [1.807, 2.05) is 37.3 Å². The smallest absolute Gasteiger partial charge is 0.339 e. The van der Waals surface area contributed by atoms with Gasteiger partial charge < -0.3 is 21.8 Å². The van der Waals surface area contributed by atoms with Gasteiger partial charge in [0.1, 0.15) is 5.65 Å². The Balaban J connectivity index is 1.33. The maximum absolute atomic E-state index is 13.5. The number of nitrogens with two attached hydrogens (primary N) is 2. The number of H-pyrrole nitrogens is 1. The van der Waals surface area contributed by atoms with E-state index in [2.05, 4.69) is 20.2 Å². The number of sulfonamides is 1. The van der Waals surface area contributed by atoms with Crippen molar-refractivity contribution in [2.24, 2.45) is 11.5 Å². The molecule has 0 amide bonds. The minimum absolute atomic E-state index is 0.00671. The zero-order chi connectivity index (χ0) is 31.1. The van der Waals surface area contributed by atoms with Crippen LogP contribution in [0, 0.1) is 0 Å². The highest BCUT2D eigenvalue weighted by Gasteiger charge is 2.31. The first-order valence-electron chi connectivity index (χ1n) is 15.5. The van der Waals surface area contributed by atoms with Crippen LogP contribution in [-0.2, 0) is 16.6 Å². The Morgan fingerprint density at radius 1 is 0.977 bits per heavy atom. The number of piperidine rings is 1. The largest absolute Gasteiger partial charge is 0.354 e. The number of aromatic nitrogens is 3. The summed E-state index contributed by atoms with van der Waals surface area (Å²) < 4.78 is 30.1. The fraction of sp³-hybridized carbons (Fsp3) is 0.438. The van der Waals surface area contributed by atoms with Crippen molar-refractivity contribution >= 4 is 21.1 Å². The Kier molecular flexibility index (Phi) is 10.6. The number of nitrogens with one attached hydrogen (secondary N) is 2. The lowest BCUT2D eigenvalue weighted by atomic mass is 10.1. The summed E-state index contributed by atoms with van der Waals surface area (Å²) in [6.45, 7) is 7.91. The molecule has 0 aliphatic carbocycles. The molecule has 0 spiro atoms. The summed E-state index contributed by atoms with van der Waals surface area (Å²) in [4.78, 5) is 23.1. The number of nitrogens with zero attached hydrogens (tertiary/aromatic N) is 4. The second-order valence-electron chi connectivity index (χ2n) is 11.3. The molecule has 44 heavy (non-hydrogen) atoms. The molecule has 2 aromatic carbocycles. The SMILES string of the molecule is CCN(C1CCNCC1)S(=O)(=O)c1ccc(-c2cc3cn(-c4ccc(CN(CCCN)CCCN)cc4)c(=O)nc3[nH]2)cc1. The van der Waals surface area contributed by atoms with Gasteiger partial charge >= 0.3 is 5.69 Å². The molecule has 0 saturated carbocycles. The zero-order valence-corrected chi connectivity index (χ0v) is 26.2.